The van der Waals surface area contributed by atoms with Crippen molar-refractivity contribution in [3.8, 4) is 46.5 Å². The summed E-state index contributed by atoms with van der Waals surface area (Å²) >= 11 is 0. The van der Waals surface area contributed by atoms with Crippen LogP contribution in [0.15, 0.2) is 60.7 Å². The van der Waals surface area contributed by atoms with Crippen LogP contribution in [0.3, 0.4) is 0 Å². The fourth-order valence-corrected chi connectivity index (χ4v) is 5.85. The molecule has 0 saturated heterocycles. The van der Waals surface area contributed by atoms with Crippen molar-refractivity contribution in [3.05, 3.63) is 116 Å². The minimum Gasteiger partial charge on any atom is -0.289 e. The number of ketones is 2. The van der Waals surface area contributed by atoms with E-state index in [1.165, 1.54) is 0 Å². The average Bonchev–Trinajstić information content (AvgIpc) is 3.41. The van der Waals surface area contributed by atoms with Crippen molar-refractivity contribution in [2.24, 2.45) is 0 Å². The fraction of sp³-hybridized carbons (Fsp3) is 0.0625. The van der Waals surface area contributed by atoms with Gasteiger partial charge in [-0.05, 0) is 45.5 Å². The van der Waals surface area contributed by atoms with Gasteiger partial charge in [-0.3, -0.25) is 9.59 Å². The van der Waals surface area contributed by atoms with E-state index >= 15 is 0 Å². The molecular weight excluding hydrogens is 472 g/mol. The quantitative estimate of drug-likeness (QED) is 0.306. The SMILES string of the molecule is CC(c1c(C#N)c(C#N)cc2c1C(=O)c1ccccc1-2)c1c(C#N)c(C#N)cc2c1C(=O)c1ccccc1-2. The van der Waals surface area contributed by atoms with E-state index in [0.29, 0.717) is 33.4 Å². The molecule has 0 unspecified atom stereocenters. The lowest BCUT2D eigenvalue weighted by molar-refractivity contribution is 0.103. The van der Waals surface area contributed by atoms with Gasteiger partial charge >= 0.3 is 0 Å². The third-order valence-corrected chi connectivity index (χ3v) is 7.44. The summed E-state index contributed by atoms with van der Waals surface area (Å²) in [6.07, 6.45) is 0. The topological polar surface area (TPSA) is 129 Å². The molecule has 4 aromatic carbocycles. The summed E-state index contributed by atoms with van der Waals surface area (Å²) in [5.74, 6) is -1.42. The van der Waals surface area contributed by atoms with E-state index in [9.17, 15) is 30.6 Å². The normalized spacial score (nSPS) is 12.1. The molecule has 6 nitrogen and oxygen atoms in total. The van der Waals surface area contributed by atoms with E-state index in [0.717, 1.165) is 0 Å². The smallest absolute Gasteiger partial charge is 0.194 e. The number of fused-ring (bicyclic) bond motifs is 6. The van der Waals surface area contributed by atoms with Crippen molar-refractivity contribution in [2.45, 2.75) is 12.8 Å². The fourth-order valence-electron chi connectivity index (χ4n) is 5.85. The molecule has 2 aliphatic rings. The number of carbonyl (C=O) groups excluding carboxylic acids is 2. The summed E-state index contributed by atoms with van der Waals surface area (Å²) in [5.41, 5.74) is 4.61. The van der Waals surface area contributed by atoms with Crippen molar-refractivity contribution in [2.75, 3.05) is 0 Å². The summed E-state index contributed by atoms with van der Waals surface area (Å²) < 4.78 is 0. The first-order valence-corrected chi connectivity index (χ1v) is 11.8. The van der Waals surface area contributed by atoms with Gasteiger partial charge in [-0.1, -0.05) is 55.5 Å². The Bertz CT molecular complexity index is 1830. The van der Waals surface area contributed by atoms with Crippen LogP contribution in [0.2, 0.25) is 0 Å². The highest BCUT2D eigenvalue weighted by molar-refractivity contribution is 6.24. The summed E-state index contributed by atoms with van der Waals surface area (Å²) in [4.78, 5) is 27.4. The van der Waals surface area contributed by atoms with E-state index in [-0.39, 0.29) is 56.1 Å². The standard InChI is InChI=1S/C32H14N4O2/c1-16(27-25(14-35)17(12-33)10-23-19-6-2-4-8-21(19)31(37)29(23)27)28-26(15-36)18(13-34)11-24-20-7-3-5-9-22(20)32(38)30(24)28/h2-11,16H,1H3. The molecule has 0 amide bonds. The first-order chi connectivity index (χ1) is 18.5. The van der Waals surface area contributed by atoms with Crippen LogP contribution in [0.5, 0.6) is 0 Å². The van der Waals surface area contributed by atoms with Crippen molar-refractivity contribution in [1.29, 1.82) is 21.0 Å². The molecule has 0 saturated carbocycles. The number of hydrogen-bond donors (Lipinski definition) is 0. The van der Waals surface area contributed by atoms with E-state index in [4.69, 9.17) is 0 Å². The molecule has 174 valence electrons. The predicted molar refractivity (Wildman–Crippen MR) is 137 cm³/mol. The Kier molecular flexibility index (Phi) is 4.83. The highest BCUT2D eigenvalue weighted by atomic mass is 16.1. The molecule has 0 atom stereocenters. The maximum atomic E-state index is 13.7. The number of hydrogen-bond acceptors (Lipinski definition) is 6. The minimum atomic E-state index is -0.833. The van der Waals surface area contributed by atoms with Crippen molar-refractivity contribution in [1.82, 2.24) is 0 Å². The third-order valence-electron chi connectivity index (χ3n) is 7.44. The van der Waals surface area contributed by atoms with Gasteiger partial charge in [-0.15, -0.1) is 0 Å². The van der Waals surface area contributed by atoms with Crippen LogP contribution < -0.4 is 0 Å². The molecule has 6 rings (SSSR count). The molecule has 0 radical (unpaired) electrons. The van der Waals surface area contributed by atoms with Crippen LogP contribution in [0.25, 0.3) is 22.3 Å². The Morgan fingerprint density at radius 1 is 0.553 bits per heavy atom. The predicted octanol–water partition coefficient (Wildman–Crippen LogP) is 5.75. The molecule has 0 heterocycles. The molecule has 2 aliphatic carbocycles. The van der Waals surface area contributed by atoms with Crippen LogP contribution >= 0.6 is 0 Å². The highest BCUT2D eigenvalue weighted by Gasteiger charge is 2.39. The lowest BCUT2D eigenvalue weighted by Crippen LogP contribution is -2.14. The van der Waals surface area contributed by atoms with Crippen LogP contribution in [0.1, 0.15) is 78.1 Å². The van der Waals surface area contributed by atoms with Gasteiger partial charge in [0.1, 0.15) is 24.3 Å². The van der Waals surface area contributed by atoms with Crippen molar-refractivity contribution < 1.29 is 9.59 Å². The van der Waals surface area contributed by atoms with E-state index in [1.807, 2.05) is 0 Å². The van der Waals surface area contributed by atoms with Gasteiger partial charge in [-0.25, -0.2) is 0 Å². The Morgan fingerprint density at radius 3 is 1.26 bits per heavy atom. The second-order valence-corrected chi connectivity index (χ2v) is 9.19. The molecular formula is C32H14N4O2. The molecule has 6 heteroatoms. The number of nitrogens with zero attached hydrogens (tertiary/aromatic N) is 4. The number of carbonyl (C=O) groups is 2. The van der Waals surface area contributed by atoms with Gasteiger partial charge in [0.15, 0.2) is 11.6 Å². The number of benzene rings is 4. The first-order valence-electron chi connectivity index (χ1n) is 11.8. The van der Waals surface area contributed by atoms with Crippen LogP contribution in [-0.4, -0.2) is 11.6 Å². The van der Waals surface area contributed by atoms with Gasteiger partial charge in [0.2, 0.25) is 0 Å². The van der Waals surface area contributed by atoms with Gasteiger partial charge in [-0.2, -0.15) is 21.0 Å². The van der Waals surface area contributed by atoms with Gasteiger partial charge in [0.05, 0.1) is 22.3 Å². The maximum Gasteiger partial charge on any atom is 0.194 e. The molecule has 0 N–H and O–H groups in total. The zero-order valence-electron chi connectivity index (χ0n) is 20.0. The summed E-state index contributed by atoms with van der Waals surface area (Å²) in [5, 5.41) is 40.2. The summed E-state index contributed by atoms with van der Waals surface area (Å²) in [6.45, 7) is 1.71. The average molecular weight is 486 g/mol. The molecule has 4 aromatic rings. The monoisotopic (exact) mass is 486 g/mol. The lowest BCUT2D eigenvalue weighted by atomic mass is 9.77. The van der Waals surface area contributed by atoms with Gasteiger partial charge in [0.25, 0.3) is 0 Å². The second-order valence-electron chi connectivity index (χ2n) is 9.19. The van der Waals surface area contributed by atoms with E-state index < -0.39 is 5.92 Å². The molecule has 0 spiro atoms. The van der Waals surface area contributed by atoms with E-state index in [2.05, 4.69) is 24.3 Å². The highest BCUT2D eigenvalue weighted by Crippen LogP contribution is 2.48. The molecule has 0 aromatic heterocycles. The van der Waals surface area contributed by atoms with Gasteiger partial charge < -0.3 is 0 Å². The zero-order valence-corrected chi connectivity index (χ0v) is 20.0. The zero-order chi connectivity index (χ0) is 26.7. The maximum absolute atomic E-state index is 13.7. The Hall–Kier alpha value is -5.82. The first kappa shape index (κ1) is 22.6. The van der Waals surface area contributed by atoms with Crippen molar-refractivity contribution in [3.63, 3.8) is 0 Å². The van der Waals surface area contributed by atoms with Crippen molar-refractivity contribution >= 4 is 11.6 Å². The van der Waals surface area contributed by atoms with E-state index in [1.54, 1.807) is 67.6 Å². The van der Waals surface area contributed by atoms with Crippen LogP contribution in [-0.2, 0) is 0 Å². The Balaban J connectivity index is 1.74. The molecule has 0 fully saturated rings. The Labute approximate surface area is 217 Å². The van der Waals surface area contributed by atoms with Crippen LogP contribution in [0, 0.1) is 45.3 Å². The summed E-state index contributed by atoms with van der Waals surface area (Å²) in [7, 11) is 0. The molecule has 0 aliphatic heterocycles. The number of nitriles is 4. The molecule has 38 heavy (non-hydrogen) atoms. The van der Waals surface area contributed by atoms with Crippen LogP contribution in [0.4, 0.5) is 0 Å². The molecule has 0 bridgehead atoms. The third kappa shape index (κ3) is 2.78. The minimum absolute atomic E-state index is 0.0165. The number of rotatable bonds is 2. The van der Waals surface area contributed by atoms with Gasteiger partial charge in [0, 0.05) is 28.2 Å². The lowest BCUT2D eigenvalue weighted by Gasteiger charge is -2.22. The Morgan fingerprint density at radius 2 is 0.921 bits per heavy atom. The largest absolute Gasteiger partial charge is 0.289 e. The summed E-state index contributed by atoms with van der Waals surface area (Å²) in [6, 6.07) is 25.5. The second kappa shape index (κ2) is 8.11.